The summed E-state index contributed by atoms with van der Waals surface area (Å²) in [6, 6.07) is 6.93. The van der Waals surface area contributed by atoms with E-state index < -0.39 is 12.8 Å². The predicted molar refractivity (Wildman–Crippen MR) is 73.9 cm³/mol. The minimum absolute atomic E-state index is 0.207. The van der Waals surface area contributed by atoms with Gasteiger partial charge in [0, 0.05) is 5.75 Å². The van der Waals surface area contributed by atoms with Gasteiger partial charge in [-0.15, -0.1) is 0 Å². The Balaban J connectivity index is 1.85. The number of aliphatic imine (C=N–C) groups is 1. The van der Waals surface area contributed by atoms with Gasteiger partial charge in [-0.1, -0.05) is 23.9 Å². The standard InChI is InChI=1S/C13H15F3N2OS/c14-13(15,16)8-19-11-3-1-2-9(6-11)7-20-12(17)18-10-4-5-10/h1-3,6,10H,4-5,7-8H2,(H2,17,18). The average molecular weight is 304 g/mol. The van der Waals surface area contributed by atoms with Crippen molar-refractivity contribution in [3.8, 4) is 5.75 Å². The highest BCUT2D eigenvalue weighted by atomic mass is 32.2. The second-order valence-corrected chi connectivity index (χ2v) is 5.53. The number of hydrogen-bond acceptors (Lipinski definition) is 3. The first-order valence-corrected chi connectivity index (χ1v) is 7.15. The second kappa shape index (κ2) is 6.39. The smallest absolute Gasteiger partial charge is 0.422 e. The van der Waals surface area contributed by atoms with Crippen LogP contribution in [0.15, 0.2) is 29.3 Å². The van der Waals surface area contributed by atoms with E-state index in [4.69, 9.17) is 10.5 Å². The van der Waals surface area contributed by atoms with E-state index in [1.807, 2.05) is 6.07 Å². The molecule has 0 radical (unpaired) electrons. The molecule has 0 unspecified atom stereocenters. The Hall–Kier alpha value is -1.37. The maximum atomic E-state index is 12.1. The van der Waals surface area contributed by atoms with E-state index in [2.05, 4.69) is 4.99 Å². The van der Waals surface area contributed by atoms with E-state index >= 15 is 0 Å². The van der Waals surface area contributed by atoms with Crippen molar-refractivity contribution < 1.29 is 17.9 Å². The van der Waals surface area contributed by atoms with Crippen molar-refractivity contribution in [2.75, 3.05) is 6.61 Å². The summed E-state index contributed by atoms with van der Waals surface area (Å²) >= 11 is 1.38. The topological polar surface area (TPSA) is 47.6 Å². The van der Waals surface area contributed by atoms with Crippen molar-refractivity contribution in [1.29, 1.82) is 0 Å². The monoisotopic (exact) mass is 304 g/mol. The van der Waals surface area contributed by atoms with E-state index in [1.165, 1.54) is 17.8 Å². The zero-order chi connectivity index (χ0) is 14.6. The van der Waals surface area contributed by atoms with Gasteiger partial charge < -0.3 is 10.5 Å². The summed E-state index contributed by atoms with van der Waals surface area (Å²) in [7, 11) is 0. The van der Waals surface area contributed by atoms with Crippen LogP contribution in [0.1, 0.15) is 18.4 Å². The number of amidine groups is 1. The Kier molecular flexibility index (Phi) is 4.80. The van der Waals surface area contributed by atoms with Crippen molar-refractivity contribution in [2.45, 2.75) is 30.8 Å². The van der Waals surface area contributed by atoms with Crippen molar-refractivity contribution in [3.63, 3.8) is 0 Å². The van der Waals surface area contributed by atoms with Crippen molar-refractivity contribution in [2.24, 2.45) is 10.7 Å². The van der Waals surface area contributed by atoms with E-state index in [-0.39, 0.29) is 5.75 Å². The first-order valence-electron chi connectivity index (χ1n) is 6.17. The summed E-state index contributed by atoms with van der Waals surface area (Å²) < 4.78 is 40.9. The lowest BCUT2D eigenvalue weighted by molar-refractivity contribution is -0.153. The molecule has 2 rings (SSSR count). The number of rotatable bonds is 5. The molecule has 2 N–H and O–H groups in total. The highest BCUT2D eigenvalue weighted by Gasteiger charge is 2.28. The molecule has 110 valence electrons. The van der Waals surface area contributed by atoms with Crippen molar-refractivity contribution in [1.82, 2.24) is 0 Å². The van der Waals surface area contributed by atoms with Crippen LogP contribution in [-0.2, 0) is 5.75 Å². The van der Waals surface area contributed by atoms with Gasteiger partial charge in [-0.25, -0.2) is 0 Å². The van der Waals surface area contributed by atoms with Gasteiger partial charge in [0.25, 0.3) is 0 Å². The lowest BCUT2D eigenvalue weighted by Gasteiger charge is -2.10. The molecule has 1 aromatic rings. The molecule has 3 nitrogen and oxygen atoms in total. The lowest BCUT2D eigenvalue weighted by Crippen LogP contribution is -2.19. The molecule has 0 aliphatic heterocycles. The molecule has 0 spiro atoms. The lowest BCUT2D eigenvalue weighted by atomic mass is 10.2. The Bertz CT molecular complexity index is 487. The fourth-order valence-electron chi connectivity index (χ4n) is 1.47. The van der Waals surface area contributed by atoms with Crippen molar-refractivity contribution >= 4 is 16.9 Å². The number of nitrogens with zero attached hydrogens (tertiary/aromatic N) is 1. The van der Waals surface area contributed by atoms with E-state index in [1.54, 1.807) is 12.1 Å². The molecule has 1 aliphatic carbocycles. The van der Waals surface area contributed by atoms with E-state index in [0.29, 0.717) is 17.0 Å². The van der Waals surface area contributed by atoms with Gasteiger partial charge in [-0.3, -0.25) is 4.99 Å². The molecule has 1 aliphatic rings. The summed E-state index contributed by atoms with van der Waals surface area (Å²) in [4.78, 5) is 4.27. The Morgan fingerprint density at radius 3 is 2.80 bits per heavy atom. The highest BCUT2D eigenvalue weighted by molar-refractivity contribution is 8.13. The van der Waals surface area contributed by atoms with Crippen LogP contribution in [0.2, 0.25) is 0 Å². The number of ether oxygens (including phenoxy) is 1. The van der Waals surface area contributed by atoms with Gasteiger partial charge >= 0.3 is 6.18 Å². The first-order chi connectivity index (χ1) is 9.42. The van der Waals surface area contributed by atoms with Crippen molar-refractivity contribution in [3.05, 3.63) is 29.8 Å². The van der Waals surface area contributed by atoms with Crippen LogP contribution in [0.5, 0.6) is 5.75 Å². The summed E-state index contributed by atoms with van der Waals surface area (Å²) in [5.41, 5.74) is 6.60. The van der Waals surface area contributed by atoms with Gasteiger partial charge in [0.05, 0.1) is 6.04 Å². The minimum atomic E-state index is -4.33. The molecular formula is C13H15F3N2OS. The Morgan fingerprint density at radius 1 is 1.40 bits per heavy atom. The van der Waals surface area contributed by atoms with Crippen LogP contribution in [0.3, 0.4) is 0 Å². The number of benzene rings is 1. The fraction of sp³-hybridized carbons (Fsp3) is 0.462. The molecule has 1 fully saturated rings. The fourth-order valence-corrected chi connectivity index (χ4v) is 2.19. The molecule has 0 heterocycles. The highest BCUT2D eigenvalue weighted by Crippen LogP contribution is 2.25. The Labute approximate surface area is 119 Å². The van der Waals surface area contributed by atoms with Gasteiger partial charge in [-0.2, -0.15) is 13.2 Å². The van der Waals surface area contributed by atoms with Crippen LogP contribution in [0, 0.1) is 0 Å². The van der Waals surface area contributed by atoms with Crippen LogP contribution in [0.4, 0.5) is 13.2 Å². The molecule has 20 heavy (non-hydrogen) atoms. The van der Waals surface area contributed by atoms with Gasteiger partial charge in [0.15, 0.2) is 11.8 Å². The zero-order valence-electron chi connectivity index (χ0n) is 10.7. The summed E-state index contributed by atoms with van der Waals surface area (Å²) in [6.07, 6.45) is -2.16. The number of alkyl halides is 3. The van der Waals surface area contributed by atoms with E-state index in [0.717, 1.165) is 18.4 Å². The Morgan fingerprint density at radius 2 is 2.15 bits per heavy atom. The third kappa shape index (κ3) is 5.73. The van der Waals surface area contributed by atoms with Gasteiger partial charge in [0.2, 0.25) is 0 Å². The van der Waals surface area contributed by atoms with Crippen LogP contribution >= 0.6 is 11.8 Å². The maximum absolute atomic E-state index is 12.1. The molecule has 0 amide bonds. The quantitative estimate of drug-likeness (QED) is 0.670. The average Bonchev–Trinajstić information content (AvgIpc) is 3.18. The van der Waals surface area contributed by atoms with Gasteiger partial charge in [0.1, 0.15) is 5.75 Å². The second-order valence-electron chi connectivity index (χ2n) is 4.54. The third-order valence-electron chi connectivity index (χ3n) is 2.54. The largest absolute Gasteiger partial charge is 0.484 e. The van der Waals surface area contributed by atoms with E-state index in [9.17, 15) is 13.2 Å². The number of nitrogens with two attached hydrogens (primary N) is 1. The summed E-state index contributed by atoms with van der Waals surface area (Å²) in [5, 5.41) is 0.522. The molecule has 0 saturated heterocycles. The molecule has 1 aromatic carbocycles. The van der Waals surface area contributed by atoms with Gasteiger partial charge in [-0.05, 0) is 30.5 Å². The number of halogens is 3. The normalized spacial score (nSPS) is 16.2. The molecule has 7 heteroatoms. The number of thioether (sulfide) groups is 1. The maximum Gasteiger partial charge on any atom is 0.422 e. The molecular weight excluding hydrogens is 289 g/mol. The zero-order valence-corrected chi connectivity index (χ0v) is 11.5. The first kappa shape index (κ1) is 15.0. The SMILES string of the molecule is NC(=NC1CC1)SCc1cccc(OCC(F)(F)F)c1. The minimum Gasteiger partial charge on any atom is -0.484 e. The third-order valence-corrected chi connectivity index (χ3v) is 3.42. The summed E-state index contributed by atoms with van der Waals surface area (Å²) in [5.74, 6) is 0.767. The molecule has 0 atom stereocenters. The molecule has 0 aromatic heterocycles. The van der Waals surface area contributed by atoms with Crippen LogP contribution in [0.25, 0.3) is 0 Å². The molecule has 0 bridgehead atoms. The predicted octanol–water partition coefficient (Wildman–Crippen LogP) is 3.34. The van der Waals surface area contributed by atoms with Crippen LogP contribution < -0.4 is 10.5 Å². The van der Waals surface area contributed by atoms with Crippen LogP contribution in [-0.4, -0.2) is 24.0 Å². The number of hydrogen-bond donors (Lipinski definition) is 1. The molecule has 1 saturated carbocycles. The summed E-state index contributed by atoms with van der Waals surface area (Å²) in [6.45, 7) is -1.28.